The SMILES string of the molecule is CCOC(=O)CCN(C)Cc1ccn(C2CCCCC2)n1. The molecule has 1 aliphatic carbocycles. The zero-order valence-electron chi connectivity index (χ0n) is 13.3. The first-order valence-electron chi connectivity index (χ1n) is 8.07. The zero-order chi connectivity index (χ0) is 15.1. The van der Waals surface area contributed by atoms with Gasteiger partial charge < -0.3 is 4.74 Å². The van der Waals surface area contributed by atoms with E-state index in [4.69, 9.17) is 9.84 Å². The number of ether oxygens (including phenoxy) is 1. The van der Waals surface area contributed by atoms with Gasteiger partial charge in [-0.15, -0.1) is 0 Å². The lowest BCUT2D eigenvalue weighted by molar-refractivity contribution is -0.143. The van der Waals surface area contributed by atoms with Crippen molar-refractivity contribution in [1.29, 1.82) is 0 Å². The molecule has 0 unspecified atom stereocenters. The van der Waals surface area contributed by atoms with Crippen LogP contribution in [0.4, 0.5) is 0 Å². The Morgan fingerprint density at radius 2 is 2.19 bits per heavy atom. The lowest BCUT2D eigenvalue weighted by Gasteiger charge is -2.22. The lowest BCUT2D eigenvalue weighted by atomic mass is 9.96. The molecule has 0 saturated heterocycles. The Balaban J connectivity index is 1.77. The number of hydrogen-bond donors (Lipinski definition) is 0. The van der Waals surface area contributed by atoms with E-state index < -0.39 is 0 Å². The van der Waals surface area contributed by atoms with Crippen LogP contribution in [-0.4, -0.2) is 40.8 Å². The highest BCUT2D eigenvalue weighted by Crippen LogP contribution is 2.27. The van der Waals surface area contributed by atoms with Gasteiger partial charge in [0, 0.05) is 19.3 Å². The largest absolute Gasteiger partial charge is 0.466 e. The Labute approximate surface area is 127 Å². The second-order valence-electron chi connectivity index (χ2n) is 5.87. The number of esters is 1. The van der Waals surface area contributed by atoms with Crippen LogP contribution in [0.1, 0.15) is 57.2 Å². The maximum absolute atomic E-state index is 11.3. The summed E-state index contributed by atoms with van der Waals surface area (Å²) in [6.45, 7) is 3.77. The fourth-order valence-corrected chi connectivity index (χ4v) is 2.88. The molecule has 0 amide bonds. The number of nitrogens with zero attached hydrogens (tertiary/aromatic N) is 3. The molecule has 0 aliphatic heterocycles. The van der Waals surface area contributed by atoms with Crippen molar-refractivity contribution in [3.8, 4) is 0 Å². The van der Waals surface area contributed by atoms with E-state index in [0.717, 1.165) is 12.2 Å². The number of rotatable bonds is 7. The number of hydrogen-bond acceptors (Lipinski definition) is 4. The summed E-state index contributed by atoms with van der Waals surface area (Å²) in [5, 5.41) is 4.70. The van der Waals surface area contributed by atoms with Gasteiger partial charge in [0.15, 0.2) is 0 Å². The average Bonchev–Trinajstić information content (AvgIpc) is 2.95. The van der Waals surface area contributed by atoms with E-state index in [-0.39, 0.29) is 5.97 Å². The predicted molar refractivity (Wildman–Crippen MR) is 81.9 cm³/mol. The summed E-state index contributed by atoms with van der Waals surface area (Å²) in [5.41, 5.74) is 1.08. The number of aromatic nitrogens is 2. The molecule has 0 aromatic carbocycles. The van der Waals surface area contributed by atoms with Crippen molar-refractivity contribution in [3.63, 3.8) is 0 Å². The van der Waals surface area contributed by atoms with E-state index in [1.54, 1.807) is 0 Å². The zero-order valence-corrected chi connectivity index (χ0v) is 13.3. The minimum absolute atomic E-state index is 0.128. The molecule has 21 heavy (non-hydrogen) atoms. The van der Waals surface area contributed by atoms with Gasteiger partial charge in [-0.25, -0.2) is 0 Å². The van der Waals surface area contributed by atoms with Crippen LogP contribution in [0, 0.1) is 0 Å². The minimum Gasteiger partial charge on any atom is -0.466 e. The van der Waals surface area contributed by atoms with E-state index in [1.165, 1.54) is 32.1 Å². The molecule has 1 heterocycles. The van der Waals surface area contributed by atoms with Crippen molar-refractivity contribution in [2.24, 2.45) is 0 Å². The van der Waals surface area contributed by atoms with Crippen LogP contribution in [0.25, 0.3) is 0 Å². The van der Waals surface area contributed by atoms with Gasteiger partial charge in [-0.2, -0.15) is 5.10 Å². The molecule has 118 valence electrons. The van der Waals surface area contributed by atoms with E-state index in [2.05, 4.69) is 21.8 Å². The molecule has 0 radical (unpaired) electrons. The third kappa shape index (κ3) is 5.16. The van der Waals surface area contributed by atoms with Gasteiger partial charge >= 0.3 is 5.97 Å². The Morgan fingerprint density at radius 3 is 2.90 bits per heavy atom. The number of carbonyl (C=O) groups excluding carboxylic acids is 1. The molecule has 1 saturated carbocycles. The fourth-order valence-electron chi connectivity index (χ4n) is 2.88. The molecule has 1 fully saturated rings. The Kier molecular flexibility index (Phi) is 6.23. The van der Waals surface area contributed by atoms with Gasteiger partial charge in [0.05, 0.1) is 24.8 Å². The number of carbonyl (C=O) groups is 1. The third-order valence-electron chi connectivity index (χ3n) is 4.05. The van der Waals surface area contributed by atoms with E-state index in [1.807, 2.05) is 14.0 Å². The topological polar surface area (TPSA) is 47.4 Å². The van der Waals surface area contributed by atoms with Crippen molar-refractivity contribution in [2.45, 2.75) is 58.0 Å². The van der Waals surface area contributed by atoms with Gasteiger partial charge in [-0.05, 0) is 32.9 Å². The maximum atomic E-state index is 11.3. The molecule has 0 N–H and O–H groups in total. The first kappa shape index (κ1) is 16.0. The molecule has 5 heteroatoms. The van der Waals surface area contributed by atoms with Crippen molar-refractivity contribution in [2.75, 3.05) is 20.2 Å². The van der Waals surface area contributed by atoms with Crippen LogP contribution in [0.3, 0.4) is 0 Å². The second-order valence-corrected chi connectivity index (χ2v) is 5.87. The van der Waals surface area contributed by atoms with Gasteiger partial charge in [0.2, 0.25) is 0 Å². The average molecular weight is 293 g/mol. The molecule has 2 rings (SSSR count). The highest BCUT2D eigenvalue weighted by Gasteiger charge is 2.16. The van der Waals surface area contributed by atoms with Gasteiger partial charge in [0.1, 0.15) is 0 Å². The highest BCUT2D eigenvalue weighted by atomic mass is 16.5. The fraction of sp³-hybridized carbons (Fsp3) is 0.750. The van der Waals surface area contributed by atoms with E-state index >= 15 is 0 Å². The van der Waals surface area contributed by atoms with Crippen molar-refractivity contribution < 1.29 is 9.53 Å². The van der Waals surface area contributed by atoms with Crippen LogP contribution >= 0.6 is 0 Å². The molecule has 1 aromatic heterocycles. The molecular weight excluding hydrogens is 266 g/mol. The summed E-state index contributed by atoms with van der Waals surface area (Å²) in [5.74, 6) is -0.128. The molecule has 1 aromatic rings. The Bertz CT molecular complexity index is 438. The van der Waals surface area contributed by atoms with Crippen LogP contribution in [-0.2, 0) is 16.1 Å². The van der Waals surface area contributed by atoms with Crippen LogP contribution in [0.2, 0.25) is 0 Å². The van der Waals surface area contributed by atoms with Gasteiger partial charge in [-0.3, -0.25) is 14.4 Å². The lowest BCUT2D eigenvalue weighted by Crippen LogP contribution is -2.22. The van der Waals surface area contributed by atoms with Crippen molar-refractivity contribution in [1.82, 2.24) is 14.7 Å². The van der Waals surface area contributed by atoms with Crippen molar-refractivity contribution in [3.05, 3.63) is 18.0 Å². The second kappa shape index (κ2) is 8.17. The summed E-state index contributed by atoms with van der Waals surface area (Å²) in [7, 11) is 2.01. The standard InChI is InChI=1S/C16H27N3O2/c1-3-21-16(20)10-11-18(2)13-14-9-12-19(17-14)15-7-5-4-6-8-15/h9,12,15H,3-8,10-11,13H2,1-2H3. The van der Waals surface area contributed by atoms with E-state index in [0.29, 0.717) is 25.6 Å². The molecular formula is C16H27N3O2. The van der Waals surface area contributed by atoms with E-state index in [9.17, 15) is 4.79 Å². The Morgan fingerprint density at radius 1 is 1.43 bits per heavy atom. The maximum Gasteiger partial charge on any atom is 0.307 e. The van der Waals surface area contributed by atoms with Gasteiger partial charge in [-0.1, -0.05) is 19.3 Å². The molecule has 1 aliphatic rings. The molecule has 0 spiro atoms. The van der Waals surface area contributed by atoms with Crippen LogP contribution in [0.15, 0.2) is 12.3 Å². The first-order chi connectivity index (χ1) is 10.2. The van der Waals surface area contributed by atoms with Crippen LogP contribution < -0.4 is 0 Å². The third-order valence-corrected chi connectivity index (χ3v) is 4.05. The summed E-state index contributed by atoms with van der Waals surface area (Å²) in [4.78, 5) is 13.5. The summed E-state index contributed by atoms with van der Waals surface area (Å²) >= 11 is 0. The normalized spacial score (nSPS) is 16.3. The molecule has 0 atom stereocenters. The summed E-state index contributed by atoms with van der Waals surface area (Å²) in [6.07, 6.45) is 9.04. The van der Waals surface area contributed by atoms with Gasteiger partial charge in [0.25, 0.3) is 0 Å². The summed E-state index contributed by atoms with van der Waals surface area (Å²) in [6, 6.07) is 2.67. The van der Waals surface area contributed by atoms with Crippen LogP contribution in [0.5, 0.6) is 0 Å². The Hall–Kier alpha value is -1.36. The molecule has 5 nitrogen and oxygen atoms in total. The smallest absolute Gasteiger partial charge is 0.307 e. The molecule has 0 bridgehead atoms. The first-order valence-corrected chi connectivity index (χ1v) is 8.07. The monoisotopic (exact) mass is 293 g/mol. The predicted octanol–water partition coefficient (Wildman–Crippen LogP) is 2.77. The summed E-state index contributed by atoms with van der Waals surface area (Å²) < 4.78 is 7.07. The quantitative estimate of drug-likeness (QED) is 0.725. The minimum atomic E-state index is -0.128. The van der Waals surface area contributed by atoms with Crippen molar-refractivity contribution >= 4 is 5.97 Å². The highest BCUT2D eigenvalue weighted by molar-refractivity contribution is 5.69.